The fourth-order valence-electron chi connectivity index (χ4n) is 1.65. The van der Waals surface area contributed by atoms with Crippen molar-refractivity contribution >= 4 is 0 Å². The van der Waals surface area contributed by atoms with Crippen molar-refractivity contribution in [1.29, 1.82) is 0 Å². The quantitative estimate of drug-likeness (QED) is 0.678. The van der Waals surface area contributed by atoms with Gasteiger partial charge in [0.2, 0.25) is 5.95 Å². The molecule has 1 nitrogen and oxygen atoms in total. The van der Waals surface area contributed by atoms with E-state index in [-0.39, 0.29) is 0 Å². The molecule has 0 aliphatic rings. The molecule has 0 fully saturated rings. The smallest absolute Gasteiger partial charge is 0.212 e. The lowest BCUT2D eigenvalue weighted by Crippen LogP contribution is -1.88. The topological polar surface area (TPSA) is 12.9 Å². The third kappa shape index (κ3) is 2.04. The summed E-state index contributed by atoms with van der Waals surface area (Å²) in [4.78, 5) is 3.66. The normalized spacial score (nSPS) is 10.3. The van der Waals surface area contributed by atoms with Gasteiger partial charge in [-0.1, -0.05) is 31.2 Å². The zero-order valence-corrected chi connectivity index (χ0v) is 8.57. The second-order valence-electron chi connectivity index (χ2n) is 3.38. The Hall–Kier alpha value is -1.70. The predicted molar refractivity (Wildman–Crippen MR) is 59.0 cm³/mol. The number of hydrogen-bond donors (Lipinski definition) is 0. The summed E-state index contributed by atoms with van der Waals surface area (Å²) in [6, 6.07) is 11.3. The highest BCUT2D eigenvalue weighted by molar-refractivity contribution is 5.66. The van der Waals surface area contributed by atoms with Crippen molar-refractivity contribution in [3.05, 3.63) is 54.1 Å². The molecule has 0 spiro atoms. The summed E-state index contributed by atoms with van der Waals surface area (Å²) in [5.74, 6) is -0.437. The van der Waals surface area contributed by atoms with Gasteiger partial charge in [0, 0.05) is 11.8 Å². The Kier molecular flexibility index (Phi) is 2.77. The van der Waals surface area contributed by atoms with Gasteiger partial charge in [-0.2, -0.15) is 4.39 Å². The first-order valence-electron chi connectivity index (χ1n) is 5.01. The molecule has 0 saturated carbocycles. The molecule has 0 unspecified atom stereocenters. The van der Waals surface area contributed by atoms with E-state index < -0.39 is 5.95 Å². The van der Waals surface area contributed by atoms with Crippen LogP contribution in [0.5, 0.6) is 0 Å². The van der Waals surface area contributed by atoms with Gasteiger partial charge >= 0.3 is 0 Å². The summed E-state index contributed by atoms with van der Waals surface area (Å²) >= 11 is 0. The maximum Gasteiger partial charge on any atom is 0.212 e. The number of benzene rings is 1. The summed E-state index contributed by atoms with van der Waals surface area (Å²) in [5, 5.41) is 0. The van der Waals surface area contributed by atoms with Crippen LogP contribution in [0, 0.1) is 5.95 Å². The van der Waals surface area contributed by atoms with Gasteiger partial charge in [0.25, 0.3) is 0 Å². The third-order valence-corrected chi connectivity index (χ3v) is 2.44. The van der Waals surface area contributed by atoms with Crippen LogP contribution in [0.3, 0.4) is 0 Å². The van der Waals surface area contributed by atoms with Crippen LogP contribution < -0.4 is 0 Å². The molecule has 76 valence electrons. The SMILES string of the molecule is CCc1ccccc1-c1ccc(F)nc1. The first-order chi connectivity index (χ1) is 7.31. The van der Waals surface area contributed by atoms with Gasteiger partial charge < -0.3 is 0 Å². The summed E-state index contributed by atoms with van der Waals surface area (Å²) in [6.07, 6.45) is 2.54. The number of rotatable bonds is 2. The van der Waals surface area contributed by atoms with Gasteiger partial charge in [0.15, 0.2) is 0 Å². The number of halogens is 1. The Morgan fingerprint density at radius 1 is 1.13 bits per heavy atom. The number of pyridine rings is 1. The van der Waals surface area contributed by atoms with Crippen LogP contribution in [0.1, 0.15) is 12.5 Å². The summed E-state index contributed by atoms with van der Waals surface area (Å²) in [7, 11) is 0. The van der Waals surface area contributed by atoms with Crippen LogP contribution in [-0.2, 0) is 6.42 Å². The molecule has 1 aromatic carbocycles. The van der Waals surface area contributed by atoms with Crippen molar-refractivity contribution in [2.45, 2.75) is 13.3 Å². The minimum atomic E-state index is -0.437. The van der Waals surface area contributed by atoms with E-state index in [4.69, 9.17) is 0 Å². The van der Waals surface area contributed by atoms with Crippen molar-refractivity contribution in [1.82, 2.24) is 4.98 Å². The second kappa shape index (κ2) is 4.22. The van der Waals surface area contributed by atoms with Crippen LogP contribution >= 0.6 is 0 Å². The Morgan fingerprint density at radius 3 is 2.60 bits per heavy atom. The van der Waals surface area contributed by atoms with E-state index in [1.807, 2.05) is 18.2 Å². The van der Waals surface area contributed by atoms with Crippen LogP contribution in [0.4, 0.5) is 4.39 Å². The molecule has 0 bridgehead atoms. The van der Waals surface area contributed by atoms with Crippen LogP contribution in [0.25, 0.3) is 11.1 Å². The van der Waals surface area contributed by atoms with Gasteiger partial charge in [-0.3, -0.25) is 0 Å². The maximum atomic E-state index is 12.7. The highest BCUT2D eigenvalue weighted by atomic mass is 19.1. The lowest BCUT2D eigenvalue weighted by atomic mass is 10.00. The van der Waals surface area contributed by atoms with E-state index >= 15 is 0 Å². The molecule has 0 saturated heterocycles. The fraction of sp³-hybridized carbons (Fsp3) is 0.154. The van der Waals surface area contributed by atoms with Crippen LogP contribution in [0.2, 0.25) is 0 Å². The van der Waals surface area contributed by atoms with E-state index in [0.717, 1.165) is 17.5 Å². The van der Waals surface area contributed by atoms with Crippen molar-refractivity contribution in [2.75, 3.05) is 0 Å². The summed E-state index contributed by atoms with van der Waals surface area (Å²) in [6.45, 7) is 2.11. The molecule has 2 aromatic rings. The Balaban J connectivity index is 2.49. The molecule has 0 amide bonds. The Labute approximate surface area is 88.6 Å². The highest BCUT2D eigenvalue weighted by Crippen LogP contribution is 2.23. The number of hydrogen-bond acceptors (Lipinski definition) is 1. The van der Waals surface area contributed by atoms with E-state index in [1.54, 1.807) is 12.3 Å². The average molecular weight is 201 g/mol. The summed E-state index contributed by atoms with van der Waals surface area (Å²) < 4.78 is 12.7. The third-order valence-electron chi connectivity index (χ3n) is 2.44. The summed E-state index contributed by atoms with van der Waals surface area (Å²) in [5.41, 5.74) is 3.35. The largest absolute Gasteiger partial charge is 0.228 e. The first-order valence-corrected chi connectivity index (χ1v) is 5.01. The predicted octanol–water partition coefficient (Wildman–Crippen LogP) is 3.45. The van der Waals surface area contributed by atoms with Crippen molar-refractivity contribution in [3.8, 4) is 11.1 Å². The molecule has 2 heteroatoms. The van der Waals surface area contributed by atoms with Gasteiger partial charge in [-0.05, 0) is 29.7 Å². The lowest BCUT2D eigenvalue weighted by Gasteiger charge is -2.06. The molecule has 0 atom stereocenters. The standard InChI is InChI=1S/C13H12FN/c1-2-10-5-3-4-6-12(10)11-7-8-13(14)15-9-11/h3-9H,2H2,1H3. The molecular formula is C13H12FN. The van der Waals surface area contributed by atoms with Crippen molar-refractivity contribution in [3.63, 3.8) is 0 Å². The number of aryl methyl sites for hydroxylation is 1. The van der Waals surface area contributed by atoms with Gasteiger partial charge in [-0.25, -0.2) is 4.98 Å². The zero-order chi connectivity index (χ0) is 10.7. The van der Waals surface area contributed by atoms with Crippen LogP contribution in [0.15, 0.2) is 42.6 Å². The minimum Gasteiger partial charge on any atom is -0.228 e. The average Bonchev–Trinajstić information content (AvgIpc) is 2.30. The molecule has 1 aromatic heterocycles. The van der Waals surface area contributed by atoms with Gasteiger partial charge in [0.05, 0.1) is 0 Å². The maximum absolute atomic E-state index is 12.7. The fourth-order valence-corrected chi connectivity index (χ4v) is 1.65. The molecule has 1 heterocycles. The van der Waals surface area contributed by atoms with E-state index in [1.165, 1.54) is 11.6 Å². The Morgan fingerprint density at radius 2 is 1.93 bits per heavy atom. The lowest BCUT2D eigenvalue weighted by molar-refractivity contribution is 0.584. The second-order valence-corrected chi connectivity index (χ2v) is 3.38. The Bertz CT molecular complexity index is 448. The van der Waals surface area contributed by atoms with E-state index in [2.05, 4.69) is 18.0 Å². The van der Waals surface area contributed by atoms with Gasteiger partial charge in [-0.15, -0.1) is 0 Å². The highest BCUT2D eigenvalue weighted by Gasteiger charge is 2.02. The molecule has 0 aliphatic carbocycles. The monoisotopic (exact) mass is 201 g/mol. The van der Waals surface area contributed by atoms with E-state index in [9.17, 15) is 4.39 Å². The molecular weight excluding hydrogens is 189 g/mol. The van der Waals surface area contributed by atoms with Crippen molar-refractivity contribution in [2.24, 2.45) is 0 Å². The number of nitrogens with zero attached hydrogens (tertiary/aromatic N) is 1. The van der Waals surface area contributed by atoms with Gasteiger partial charge in [0.1, 0.15) is 0 Å². The molecule has 2 rings (SSSR count). The number of aromatic nitrogens is 1. The molecule has 15 heavy (non-hydrogen) atoms. The first kappa shape index (κ1) is 9.84. The van der Waals surface area contributed by atoms with Crippen molar-refractivity contribution < 1.29 is 4.39 Å². The van der Waals surface area contributed by atoms with Crippen LogP contribution in [-0.4, -0.2) is 4.98 Å². The zero-order valence-electron chi connectivity index (χ0n) is 8.57. The molecule has 0 aliphatic heterocycles. The molecule has 0 radical (unpaired) electrons. The minimum absolute atomic E-state index is 0.437. The van der Waals surface area contributed by atoms with E-state index in [0.29, 0.717) is 0 Å². The molecule has 0 N–H and O–H groups in total.